The second-order valence-electron chi connectivity index (χ2n) is 11.3. The lowest BCUT2D eigenvalue weighted by Crippen LogP contribution is -2.11. The zero-order chi connectivity index (χ0) is 26.8. The molecule has 0 nitrogen and oxygen atoms in total. The van der Waals surface area contributed by atoms with Gasteiger partial charge in [0, 0.05) is 5.92 Å². The van der Waals surface area contributed by atoms with Gasteiger partial charge in [0.1, 0.15) is 0 Å². The fourth-order valence-corrected chi connectivity index (χ4v) is 5.88. The Morgan fingerprint density at radius 1 is 0.410 bits per heavy atom. The summed E-state index contributed by atoms with van der Waals surface area (Å²) in [7, 11) is 0. The van der Waals surface area contributed by atoms with Crippen molar-refractivity contribution in [2.75, 3.05) is 0 Å². The van der Waals surface area contributed by atoms with Crippen LogP contribution < -0.4 is 0 Å². The minimum absolute atomic E-state index is 0.0554. The number of hydrogen-bond donors (Lipinski definition) is 0. The van der Waals surface area contributed by atoms with E-state index in [2.05, 4.69) is 166 Å². The van der Waals surface area contributed by atoms with E-state index in [1.165, 1.54) is 55.7 Å². The lowest BCUT2D eigenvalue weighted by Gasteiger charge is -2.22. The van der Waals surface area contributed by atoms with Gasteiger partial charge in [0.25, 0.3) is 0 Å². The summed E-state index contributed by atoms with van der Waals surface area (Å²) in [6, 6.07) is 53.1. The first kappa shape index (κ1) is 24.9. The van der Waals surface area contributed by atoms with Gasteiger partial charge in [0.2, 0.25) is 0 Å². The van der Waals surface area contributed by atoms with Crippen LogP contribution in [0.2, 0.25) is 0 Å². The highest BCUT2D eigenvalue weighted by Crippen LogP contribution is 2.58. The van der Waals surface area contributed by atoms with Crippen molar-refractivity contribution >= 4 is 22.3 Å². The van der Waals surface area contributed by atoms with Crippen molar-refractivity contribution in [2.24, 2.45) is 0 Å². The third-order valence-corrected chi connectivity index (χ3v) is 7.75. The summed E-state index contributed by atoms with van der Waals surface area (Å²) >= 11 is 0. The molecule has 1 aliphatic carbocycles. The van der Waals surface area contributed by atoms with Crippen molar-refractivity contribution in [1.82, 2.24) is 0 Å². The topological polar surface area (TPSA) is 0 Å². The van der Waals surface area contributed by atoms with Gasteiger partial charge in [-0.05, 0) is 61.1 Å². The van der Waals surface area contributed by atoms with Crippen molar-refractivity contribution in [3.63, 3.8) is 0 Å². The van der Waals surface area contributed by atoms with Gasteiger partial charge in [-0.25, -0.2) is 0 Å². The number of benzene rings is 5. The minimum Gasteiger partial charge on any atom is -0.0622 e. The van der Waals surface area contributed by atoms with Crippen molar-refractivity contribution in [3.05, 3.63) is 179 Å². The van der Waals surface area contributed by atoms with E-state index >= 15 is 0 Å². The Balaban J connectivity index is 1.77. The maximum Gasteiger partial charge on any atom is 0.0364 e. The van der Waals surface area contributed by atoms with Crippen LogP contribution in [0.15, 0.2) is 146 Å². The molecule has 0 aromatic heterocycles. The van der Waals surface area contributed by atoms with Crippen LogP contribution in [0.5, 0.6) is 0 Å². The number of hydrogen-bond acceptors (Lipinski definition) is 0. The van der Waals surface area contributed by atoms with Crippen LogP contribution >= 0.6 is 0 Å². The van der Waals surface area contributed by atoms with Crippen molar-refractivity contribution in [2.45, 2.75) is 32.1 Å². The molecule has 5 aromatic carbocycles. The van der Waals surface area contributed by atoms with E-state index in [9.17, 15) is 0 Å². The second-order valence-corrected chi connectivity index (χ2v) is 11.3. The third kappa shape index (κ3) is 4.79. The molecule has 0 heteroatoms. The molecular weight excluding hydrogens is 468 g/mol. The molecule has 0 saturated carbocycles. The molecule has 1 aliphatic rings. The smallest absolute Gasteiger partial charge is 0.0364 e. The van der Waals surface area contributed by atoms with Crippen LogP contribution in [0.25, 0.3) is 22.3 Å². The molecule has 39 heavy (non-hydrogen) atoms. The van der Waals surface area contributed by atoms with E-state index < -0.39 is 0 Å². The number of rotatable bonds is 5. The summed E-state index contributed by atoms with van der Waals surface area (Å²) in [5, 5.41) is 0. The highest BCUT2D eigenvalue weighted by Gasteiger charge is 2.37. The molecular formula is C39H34. The molecule has 0 fully saturated rings. The summed E-state index contributed by atoms with van der Waals surface area (Å²) in [4.78, 5) is 0. The molecule has 0 heterocycles. The van der Waals surface area contributed by atoms with Crippen LogP contribution in [0.3, 0.4) is 0 Å². The van der Waals surface area contributed by atoms with Crippen LogP contribution in [0.4, 0.5) is 0 Å². The van der Waals surface area contributed by atoms with Crippen LogP contribution in [-0.2, 0) is 5.41 Å². The SMILES string of the molecule is CC(C)(C)c1cccc(C2=C(c3ccccc3)C(c3ccccc3)C(c3ccccc3)=C2c2ccccc2)c1. The van der Waals surface area contributed by atoms with Gasteiger partial charge in [-0.1, -0.05) is 166 Å². The van der Waals surface area contributed by atoms with Crippen LogP contribution in [-0.4, -0.2) is 0 Å². The average Bonchev–Trinajstić information content (AvgIpc) is 3.35. The van der Waals surface area contributed by atoms with Gasteiger partial charge in [-0.2, -0.15) is 0 Å². The molecule has 0 saturated heterocycles. The molecule has 0 amide bonds. The van der Waals surface area contributed by atoms with E-state index in [0.29, 0.717) is 0 Å². The van der Waals surface area contributed by atoms with Gasteiger partial charge < -0.3 is 0 Å². The highest BCUT2D eigenvalue weighted by atomic mass is 14.4. The van der Waals surface area contributed by atoms with Gasteiger partial charge in [0.15, 0.2) is 0 Å². The predicted octanol–water partition coefficient (Wildman–Crippen LogP) is 10.3. The maximum absolute atomic E-state index is 2.41. The van der Waals surface area contributed by atoms with Crippen LogP contribution in [0.1, 0.15) is 60.1 Å². The van der Waals surface area contributed by atoms with Gasteiger partial charge in [0.05, 0.1) is 0 Å². The fourth-order valence-electron chi connectivity index (χ4n) is 5.88. The molecule has 0 spiro atoms. The average molecular weight is 503 g/mol. The Morgan fingerprint density at radius 3 is 1.31 bits per heavy atom. The summed E-state index contributed by atoms with van der Waals surface area (Å²) < 4.78 is 0. The van der Waals surface area contributed by atoms with E-state index in [0.717, 1.165) is 0 Å². The fraction of sp³-hybridized carbons (Fsp3) is 0.128. The van der Waals surface area contributed by atoms with Gasteiger partial charge >= 0.3 is 0 Å². The Hall–Kier alpha value is -4.42. The molecule has 5 aromatic rings. The van der Waals surface area contributed by atoms with E-state index in [1.807, 2.05) is 0 Å². The monoisotopic (exact) mass is 502 g/mol. The van der Waals surface area contributed by atoms with Crippen LogP contribution in [0, 0.1) is 0 Å². The second kappa shape index (κ2) is 10.4. The first-order chi connectivity index (χ1) is 19.0. The standard InChI is InChI=1S/C39H34/c1-39(2,3)33-26-16-25-32(27-33)38-36(30-21-12-6-13-22-30)34(28-17-8-4-9-18-28)35(29-19-10-5-11-20-29)37(38)31-23-14-7-15-24-31/h4-27,34H,1-3H3. The maximum atomic E-state index is 2.41. The summed E-state index contributed by atoms with van der Waals surface area (Å²) in [5.74, 6) is 0.0968. The Bertz CT molecular complexity index is 1630. The third-order valence-electron chi connectivity index (χ3n) is 7.75. The van der Waals surface area contributed by atoms with E-state index in [-0.39, 0.29) is 11.3 Å². The summed E-state index contributed by atoms with van der Waals surface area (Å²) in [5.41, 5.74) is 13.1. The van der Waals surface area contributed by atoms with Crippen molar-refractivity contribution in [1.29, 1.82) is 0 Å². The molecule has 1 atom stereocenters. The van der Waals surface area contributed by atoms with Crippen molar-refractivity contribution in [3.8, 4) is 0 Å². The largest absolute Gasteiger partial charge is 0.0622 e. The first-order valence-corrected chi connectivity index (χ1v) is 13.8. The zero-order valence-corrected chi connectivity index (χ0v) is 22.9. The lowest BCUT2D eigenvalue weighted by molar-refractivity contribution is 0.590. The van der Waals surface area contributed by atoms with Gasteiger partial charge in [-0.15, -0.1) is 0 Å². The molecule has 6 rings (SSSR count). The van der Waals surface area contributed by atoms with E-state index in [1.54, 1.807) is 0 Å². The molecule has 1 unspecified atom stereocenters. The Labute approximate surface area is 233 Å². The number of allylic oxidation sites excluding steroid dienone is 4. The Morgan fingerprint density at radius 2 is 0.821 bits per heavy atom. The van der Waals surface area contributed by atoms with Gasteiger partial charge in [-0.3, -0.25) is 0 Å². The normalized spacial score (nSPS) is 15.6. The lowest BCUT2D eigenvalue weighted by atomic mass is 9.81. The van der Waals surface area contributed by atoms with Crippen molar-refractivity contribution < 1.29 is 0 Å². The highest BCUT2D eigenvalue weighted by molar-refractivity contribution is 6.29. The Kier molecular flexibility index (Phi) is 6.63. The zero-order valence-electron chi connectivity index (χ0n) is 22.9. The molecule has 0 aliphatic heterocycles. The predicted molar refractivity (Wildman–Crippen MR) is 167 cm³/mol. The quantitative estimate of drug-likeness (QED) is 0.224. The molecule has 0 radical (unpaired) electrons. The van der Waals surface area contributed by atoms with E-state index in [4.69, 9.17) is 0 Å². The molecule has 0 bridgehead atoms. The first-order valence-electron chi connectivity index (χ1n) is 13.8. The molecule has 190 valence electrons. The molecule has 0 N–H and O–H groups in total. The summed E-state index contributed by atoms with van der Waals surface area (Å²) in [6.45, 7) is 6.89. The summed E-state index contributed by atoms with van der Waals surface area (Å²) in [6.07, 6.45) is 0. The minimum atomic E-state index is 0.0554.